The molecule has 0 aliphatic heterocycles. The zero-order valence-corrected chi connectivity index (χ0v) is 33.2. The van der Waals surface area contributed by atoms with Crippen molar-refractivity contribution in [3.05, 3.63) is 142 Å². The largest absolute Gasteiger partial charge is 0.497 e. The molecule has 0 saturated carbocycles. The Hall–Kier alpha value is -5.85. The Morgan fingerprint density at radius 1 is 0.893 bits per heavy atom. The topological polar surface area (TPSA) is 132 Å². The standard InChI is InChI=1S/C44H43N3O7S2/c1-5-54-44(51)39-35-21-19-30(28-13-8-6-9-14-28)25-38(35)56-43(39)47-40(48)27(2)55-34-18-12-17-32(26-34)45-42(50)36(46-41(49)29-15-10-7-11-16-29)24-31-23-33(52-3)20-22-37(31)53-4/h6-18,20,22-24,26-27,30H,5,19,21,25H2,1-4H3,(H,45,50)(H,46,49)(H,47,48)/b36-24+. The van der Waals surface area contributed by atoms with Crippen LogP contribution in [0.25, 0.3) is 6.08 Å². The highest BCUT2D eigenvalue weighted by Crippen LogP contribution is 2.43. The van der Waals surface area contributed by atoms with E-state index in [1.165, 1.54) is 49.0 Å². The molecule has 2 unspecified atom stereocenters. The monoisotopic (exact) mass is 789 g/mol. The molecule has 4 aromatic carbocycles. The normalized spacial score (nSPS) is 14.1. The van der Waals surface area contributed by atoms with Crippen molar-refractivity contribution in [1.29, 1.82) is 0 Å². The van der Waals surface area contributed by atoms with Gasteiger partial charge in [0.25, 0.3) is 11.8 Å². The summed E-state index contributed by atoms with van der Waals surface area (Å²) in [6.45, 7) is 3.79. The Balaban J connectivity index is 1.18. The third kappa shape index (κ3) is 9.68. The van der Waals surface area contributed by atoms with Crippen LogP contribution < -0.4 is 25.4 Å². The molecule has 10 nitrogen and oxygen atoms in total. The van der Waals surface area contributed by atoms with Crippen LogP contribution in [0.1, 0.15) is 68.5 Å². The van der Waals surface area contributed by atoms with E-state index in [0.29, 0.717) is 44.8 Å². The lowest BCUT2D eigenvalue weighted by molar-refractivity contribution is -0.115. The van der Waals surface area contributed by atoms with Crippen LogP contribution in [0, 0.1) is 0 Å². The Morgan fingerprint density at radius 2 is 1.64 bits per heavy atom. The maximum Gasteiger partial charge on any atom is 0.341 e. The van der Waals surface area contributed by atoms with Gasteiger partial charge >= 0.3 is 5.97 Å². The molecule has 0 fully saturated rings. The molecule has 6 rings (SSSR count). The van der Waals surface area contributed by atoms with E-state index in [9.17, 15) is 19.2 Å². The molecule has 0 saturated heterocycles. The third-order valence-electron chi connectivity index (χ3n) is 9.29. The average molecular weight is 790 g/mol. The predicted molar refractivity (Wildman–Crippen MR) is 222 cm³/mol. The van der Waals surface area contributed by atoms with Crippen LogP contribution in [0.15, 0.2) is 114 Å². The lowest BCUT2D eigenvalue weighted by atomic mass is 9.83. The molecule has 0 spiro atoms. The minimum Gasteiger partial charge on any atom is -0.497 e. The number of fused-ring (bicyclic) bond motifs is 1. The summed E-state index contributed by atoms with van der Waals surface area (Å²) in [6.07, 6.45) is 3.93. The van der Waals surface area contributed by atoms with Crippen LogP contribution >= 0.6 is 23.1 Å². The van der Waals surface area contributed by atoms with E-state index >= 15 is 0 Å². The molecule has 5 aromatic rings. The lowest BCUT2D eigenvalue weighted by Gasteiger charge is -2.23. The van der Waals surface area contributed by atoms with Gasteiger partial charge in [0, 0.05) is 26.6 Å². The Kier molecular flexibility index (Phi) is 13.3. The highest BCUT2D eigenvalue weighted by atomic mass is 32.2. The van der Waals surface area contributed by atoms with Gasteiger partial charge in [-0.2, -0.15) is 0 Å². The van der Waals surface area contributed by atoms with E-state index in [-0.39, 0.29) is 18.2 Å². The van der Waals surface area contributed by atoms with Crippen molar-refractivity contribution in [2.75, 3.05) is 31.5 Å². The lowest BCUT2D eigenvalue weighted by Crippen LogP contribution is -2.30. The molecule has 1 aliphatic rings. The second kappa shape index (κ2) is 18.7. The molecular formula is C44H43N3O7S2. The molecule has 288 valence electrons. The summed E-state index contributed by atoms with van der Waals surface area (Å²) in [7, 11) is 3.05. The van der Waals surface area contributed by atoms with Gasteiger partial charge in [-0.25, -0.2) is 4.79 Å². The van der Waals surface area contributed by atoms with E-state index in [0.717, 1.165) is 34.6 Å². The maximum absolute atomic E-state index is 13.8. The first-order valence-corrected chi connectivity index (χ1v) is 19.9. The summed E-state index contributed by atoms with van der Waals surface area (Å²) in [6, 6.07) is 31.2. The Morgan fingerprint density at radius 3 is 2.36 bits per heavy atom. The predicted octanol–water partition coefficient (Wildman–Crippen LogP) is 8.74. The van der Waals surface area contributed by atoms with Gasteiger partial charge in [-0.1, -0.05) is 54.6 Å². The van der Waals surface area contributed by atoms with Crippen LogP contribution in [-0.2, 0) is 27.2 Å². The van der Waals surface area contributed by atoms with E-state index in [4.69, 9.17) is 14.2 Å². The van der Waals surface area contributed by atoms with Crippen LogP contribution in [0.3, 0.4) is 0 Å². The number of thioether (sulfide) groups is 1. The van der Waals surface area contributed by atoms with Gasteiger partial charge in [0.15, 0.2) is 0 Å². The maximum atomic E-state index is 13.8. The Bertz CT molecular complexity index is 2240. The fourth-order valence-electron chi connectivity index (χ4n) is 6.47. The zero-order chi connectivity index (χ0) is 39.6. The van der Waals surface area contributed by atoms with Crippen molar-refractivity contribution in [1.82, 2.24) is 5.32 Å². The highest BCUT2D eigenvalue weighted by Gasteiger charge is 2.31. The quantitative estimate of drug-likeness (QED) is 0.0579. The molecular weight excluding hydrogens is 747 g/mol. The van der Waals surface area contributed by atoms with E-state index < -0.39 is 23.0 Å². The number of nitrogens with one attached hydrogen (secondary N) is 3. The van der Waals surface area contributed by atoms with Crippen molar-refractivity contribution < 1.29 is 33.4 Å². The van der Waals surface area contributed by atoms with Gasteiger partial charge in [0.1, 0.15) is 22.2 Å². The summed E-state index contributed by atoms with van der Waals surface area (Å²) < 4.78 is 16.3. The summed E-state index contributed by atoms with van der Waals surface area (Å²) in [5, 5.41) is 8.61. The summed E-state index contributed by atoms with van der Waals surface area (Å²) >= 11 is 2.75. The number of hydrogen-bond donors (Lipinski definition) is 3. The average Bonchev–Trinajstić information content (AvgIpc) is 3.58. The summed E-state index contributed by atoms with van der Waals surface area (Å²) in [4.78, 5) is 55.7. The number of carbonyl (C=O) groups excluding carboxylic acids is 4. The zero-order valence-electron chi connectivity index (χ0n) is 31.5. The minimum atomic E-state index is -0.574. The molecule has 3 N–H and O–H groups in total. The smallest absolute Gasteiger partial charge is 0.341 e. The van der Waals surface area contributed by atoms with Crippen molar-refractivity contribution in [2.45, 2.75) is 49.2 Å². The van der Waals surface area contributed by atoms with E-state index in [1.54, 1.807) is 80.6 Å². The Labute approximate surface area is 334 Å². The number of thiophene rings is 1. The molecule has 0 bridgehead atoms. The number of carbonyl (C=O) groups is 4. The number of anilines is 2. The minimum absolute atomic E-state index is 0.0256. The highest BCUT2D eigenvalue weighted by molar-refractivity contribution is 8.00. The van der Waals surface area contributed by atoms with E-state index in [1.807, 2.05) is 24.3 Å². The van der Waals surface area contributed by atoms with Gasteiger partial charge in [-0.15, -0.1) is 23.1 Å². The van der Waals surface area contributed by atoms with Crippen LogP contribution in [-0.4, -0.2) is 49.8 Å². The van der Waals surface area contributed by atoms with Gasteiger partial charge in [0.05, 0.1) is 31.6 Å². The first kappa shape index (κ1) is 39.8. The molecule has 1 aliphatic carbocycles. The van der Waals surface area contributed by atoms with Crippen molar-refractivity contribution in [2.24, 2.45) is 0 Å². The number of methoxy groups -OCH3 is 2. The third-order valence-corrected chi connectivity index (χ3v) is 11.6. The van der Waals surface area contributed by atoms with Gasteiger partial charge in [0.2, 0.25) is 5.91 Å². The fraction of sp³-hybridized carbons (Fsp3) is 0.227. The fourth-order valence-corrected chi connectivity index (χ4v) is 8.71. The number of amides is 3. The summed E-state index contributed by atoms with van der Waals surface area (Å²) in [5.74, 6) is -0.387. The molecule has 2 atom stereocenters. The second-order valence-corrected chi connectivity index (χ2v) is 15.5. The molecule has 56 heavy (non-hydrogen) atoms. The molecule has 0 radical (unpaired) electrons. The van der Waals surface area contributed by atoms with Gasteiger partial charge in [-0.3, -0.25) is 14.4 Å². The van der Waals surface area contributed by atoms with Gasteiger partial charge in [-0.05, 0) is 105 Å². The number of ether oxygens (including phenoxy) is 3. The number of hydrogen-bond acceptors (Lipinski definition) is 9. The SMILES string of the molecule is CCOC(=O)c1c(NC(=O)C(C)Sc2cccc(NC(=O)/C(=C\c3cc(OC)ccc3OC)NC(=O)c3ccccc3)c2)sc2c1CCC(c1ccccc1)C2. The molecule has 1 heterocycles. The molecule has 12 heteroatoms. The first-order valence-electron chi connectivity index (χ1n) is 18.2. The molecule has 1 aromatic heterocycles. The van der Waals surface area contributed by atoms with Crippen LogP contribution in [0.4, 0.5) is 10.7 Å². The van der Waals surface area contributed by atoms with E-state index in [2.05, 4.69) is 28.1 Å². The van der Waals surface area contributed by atoms with Crippen molar-refractivity contribution in [3.8, 4) is 11.5 Å². The number of benzene rings is 4. The first-order chi connectivity index (χ1) is 27.2. The molecule has 3 amide bonds. The van der Waals surface area contributed by atoms with Crippen molar-refractivity contribution in [3.63, 3.8) is 0 Å². The van der Waals surface area contributed by atoms with Crippen LogP contribution in [0.5, 0.6) is 11.5 Å². The van der Waals surface area contributed by atoms with Gasteiger partial charge < -0.3 is 30.2 Å². The number of esters is 1. The van der Waals surface area contributed by atoms with Crippen LogP contribution in [0.2, 0.25) is 0 Å². The van der Waals surface area contributed by atoms with Crippen molar-refractivity contribution >= 4 is 63.6 Å². The second-order valence-electron chi connectivity index (χ2n) is 13.0. The summed E-state index contributed by atoms with van der Waals surface area (Å²) in [5.41, 5.74) is 3.99. The number of rotatable bonds is 14.